The van der Waals surface area contributed by atoms with Gasteiger partial charge in [0, 0.05) is 43.1 Å². The van der Waals surface area contributed by atoms with Crippen LogP contribution in [-0.2, 0) is 9.57 Å². The van der Waals surface area contributed by atoms with Crippen molar-refractivity contribution in [3.05, 3.63) is 83.4 Å². The Morgan fingerprint density at radius 3 is 2.69 bits per heavy atom. The van der Waals surface area contributed by atoms with Crippen molar-refractivity contribution in [3.63, 3.8) is 0 Å². The van der Waals surface area contributed by atoms with E-state index in [-0.39, 0.29) is 12.2 Å². The molecule has 206 valence electrons. The highest BCUT2D eigenvalue weighted by atomic mass is 16.8. The van der Waals surface area contributed by atoms with Crippen LogP contribution in [0.15, 0.2) is 72.3 Å². The average molecular weight is 530 g/mol. The van der Waals surface area contributed by atoms with Gasteiger partial charge < -0.3 is 19.7 Å². The Morgan fingerprint density at radius 2 is 1.90 bits per heavy atom. The Morgan fingerprint density at radius 1 is 1.05 bits per heavy atom. The van der Waals surface area contributed by atoms with Gasteiger partial charge in [0.15, 0.2) is 6.29 Å². The van der Waals surface area contributed by atoms with E-state index in [0.717, 1.165) is 79.5 Å². The van der Waals surface area contributed by atoms with E-state index >= 15 is 0 Å². The second-order valence-electron chi connectivity index (χ2n) is 10.3. The maximum atomic E-state index is 12.5. The normalized spacial score (nSPS) is 20.3. The molecule has 5 rings (SSSR count). The average Bonchev–Trinajstić information content (AvgIpc) is 3.46. The third kappa shape index (κ3) is 7.67. The zero-order valence-corrected chi connectivity index (χ0v) is 22.7. The summed E-state index contributed by atoms with van der Waals surface area (Å²) in [6.45, 7) is 7.40. The minimum Gasteiger partial charge on any atom is -0.489 e. The van der Waals surface area contributed by atoms with Gasteiger partial charge in [0.25, 0.3) is 5.91 Å². The number of nitrogens with one attached hydrogen (secondary N) is 2. The van der Waals surface area contributed by atoms with E-state index in [1.165, 1.54) is 0 Å². The number of rotatable bonds is 11. The quantitative estimate of drug-likeness (QED) is 0.334. The molecule has 2 atom stereocenters. The highest BCUT2D eigenvalue weighted by molar-refractivity contribution is 5.93. The van der Waals surface area contributed by atoms with Gasteiger partial charge in [-0.25, -0.2) is 10.3 Å². The molecule has 2 N–H and O–H groups in total. The SMILES string of the molecule is CCN1CCC(NC/C(=C\c2ccc(C(=O)NOC3CCCCO3)cc2)COc2cccc3ccccc23)C1. The molecule has 7 heteroatoms. The molecule has 3 aromatic carbocycles. The number of nitrogens with zero attached hydrogens (tertiary/aromatic N) is 1. The molecule has 0 radical (unpaired) electrons. The van der Waals surface area contributed by atoms with Gasteiger partial charge in [-0.05, 0) is 67.1 Å². The maximum absolute atomic E-state index is 12.5. The van der Waals surface area contributed by atoms with Gasteiger partial charge in [-0.15, -0.1) is 0 Å². The lowest BCUT2D eigenvalue weighted by atomic mass is 10.1. The number of hydroxylamine groups is 1. The van der Waals surface area contributed by atoms with Crippen LogP contribution >= 0.6 is 0 Å². The molecule has 39 heavy (non-hydrogen) atoms. The van der Waals surface area contributed by atoms with Crippen molar-refractivity contribution in [2.24, 2.45) is 0 Å². The largest absolute Gasteiger partial charge is 0.489 e. The Bertz CT molecular complexity index is 1250. The molecule has 2 unspecified atom stereocenters. The van der Waals surface area contributed by atoms with Gasteiger partial charge in [-0.3, -0.25) is 4.79 Å². The third-order valence-corrected chi connectivity index (χ3v) is 7.46. The molecule has 2 saturated heterocycles. The summed E-state index contributed by atoms with van der Waals surface area (Å²) in [6, 6.07) is 22.5. The Kier molecular flexibility index (Phi) is 9.61. The summed E-state index contributed by atoms with van der Waals surface area (Å²) >= 11 is 0. The van der Waals surface area contributed by atoms with Gasteiger partial charge in [0.1, 0.15) is 12.4 Å². The topological polar surface area (TPSA) is 72.1 Å². The highest BCUT2D eigenvalue weighted by Gasteiger charge is 2.21. The lowest BCUT2D eigenvalue weighted by Crippen LogP contribution is -2.34. The first-order chi connectivity index (χ1) is 19.2. The van der Waals surface area contributed by atoms with Crippen molar-refractivity contribution in [1.82, 2.24) is 15.7 Å². The lowest BCUT2D eigenvalue weighted by Gasteiger charge is -2.22. The zero-order chi connectivity index (χ0) is 26.9. The van der Waals surface area contributed by atoms with Crippen molar-refractivity contribution in [2.45, 2.75) is 44.9 Å². The molecule has 0 saturated carbocycles. The molecule has 7 nitrogen and oxygen atoms in total. The lowest BCUT2D eigenvalue weighted by molar-refractivity contribution is -0.186. The molecule has 2 aliphatic rings. The molecule has 0 spiro atoms. The fourth-order valence-electron chi connectivity index (χ4n) is 5.15. The van der Waals surface area contributed by atoms with Crippen LogP contribution in [0, 0.1) is 0 Å². The summed E-state index contributed by atoms with van der Waals surface area (Å²) in [5.41, 5.74) is 5.23. The Balaban J connectivity index is 1.25. The summed E-state index contributed by atoms with van der Waals surface area (Å²) in [4.78, 5) is 20.5. The van der Waals surface area contributed by atoms with Crippen molar-refractivity contribution >= 4 is 22.8 Å². The first-order valence-electron chi connectivity index (χ1n) is 14.1. The molecule has 3 aromatic rings. The summed E-state index contributed by atoms with van der Waals surface area (Å²) in [5.74, 6) is 0.605. The van der Waals surface area contributed by atoms with Crippen LogP contribution < -0.4 is 15.5 Å². The molecule has 2 fully saturated rings. The van der Waals surface area contributed by atoms with Crippen molar-refractivity contribution in [1.29, 1.82) is 0 Å². The van der Waals surface area contributed by atoms with E-state index in [1.54, 1.807) is 0 Å². The summed E-state index contributed by atoms with van der Waals surface area (Å²) in [6.07, 6.45) is 5.80. The van der Waals surface area contributed by atoms with E-state index in [0.29, 0.717) is 24.8 Å². The number of likely N-dealkylation sites (N-methyl/N-ethyl adjacent to an activating group) is 1. The molecule has 0 aromatic heterocycles. The molecule has 2 aliphatic heterocycles. The number of ether oxygens (including phenoxy) is 2. The van der Waals surface area contributed by atoms with E-state index in [4.69, 9.17) is 14.3 Å². The second-order valence-corrected chi connectivity index (χ2v) is 10.3. The van der Waals surface area contributed by atoms with Crippen molar-refractivity contribution in [3.8, 4) is 5.75 Å². The van der Waals surface area contributed by atoms with Crippen molar-refractivity contribution < 1.29 is 19.1 Å². The molecular formula is C32H39N3O4. The number of hydrogen-bond donors (Lipinski definition) is 2. The summed E-state index contributed by atoms with van der Waals surface area (Å²) in [5, 5.41) is 6.01. The van der Waals surface area contributed by atoms with Crippen LogP contribution in [0.3, 0.4) is 0 Å². The number of benzene rings is 3. The van der Waals surface area contributed by atoms with Crippen LogP contribution in [0.2, 0.25) is 0 Å². The predicted octanol–water partition coefficient (Wildman–Crippen LogP) is 5.17. The van der Waals surface area contributed by atoms with Crippen LogP contribution in [0.1, 0.15) is 48.5 Å². The van der Waals surface area contributed by atoms with E-state index in [9.17, 15) is 4.79 Å². The van der Waals surface area contributed by atoms with Gasteiger partial charge >= 0.3 is 0 Å². The maximum Gasteiger partial charge on any atom is 0.274 e. The Hall–Kier alpha value is -3.23. The predicted molar refractivity (Wildman–Crippen MR) is 155 cm³/mol. The first-order valence-corrected chi connectivity index (χ1v) is 14.1. The van der Waals surface area contributed by atoms with Gasteiger partial charge in [0.05, 0.1) is 0 Å². The standard InChI is InChI=1S/C32H39N3O4/c1-2-35-18-17-28(22-35)33-21-25(23-38-30-11-7-9-26-8-3-4-10-29(26)30)20-24-13-15-27(16-14-24)32(36)34-39-31-12-5-6-19-37-31/h3-4,7-11,13-16,20,28,31,33H,2,5-6,12,17-19,21-23H2,1H3,(H,34,36)/b25-20+. The van der Waals surface area contributed by atoms with Crippen LogP contribution in [0.25, 0.3) is 16.8 Å². The van der Waals surface area contributed by atoms with Crippen LogP contribution in [0.4, 0.5) is 0 Å². The number of carbonyl (C=O) groups is 1. The molecule has 2 heterocycles. The van der Waals surface area contributed by atoms with E-state index in [2.05, 4.69) is 46.9 Å². The number of fused-ring (bicyclic) bond motifs is 1. The van der Waals surface area contributed by atoms with E-state index in [1.807, 2.05) is 48.5 Å². The number of likely N-dealkylation sites (tertiary alicyclic amines) is 1. The zero-order valence-electron chi connectivity index (χ0n) is 22.7. The smallest absolute Gasteiger partial charge is 0.274 e. The van der Waals surface area contributed by atoms with E-state index < -0.39 is 0 Å². The molecular weight excluding hydrogens is 490 g/mol. The Labute approximate surface area is 231 Å². The van der Waals surface area contributed by atoms with Gasteiger partial charge in [-0.1, -0.05) is 61.5 Å². The molecule has 1 amide bonds. The van der Waals surface area contributed by atoms with Crippen LogP contribution in [-0.4, -0.2) is 62.5 Å². The summed E-state index contributed by atoms with van der Waals surface area (Å²) < 4.78 is 11.9. The minimum absolute atomic E-state index is 0.275. The molecule has 0 bridgehead atoms. The minimum atomic E-state index is -0.369. The molecule has 0 aliphatic carbocycles. The van der Waals surface area contributed by atoms with Crippen molar-refractivity contribution in [2.75, 3.05) is 39.4 Å². The van der Waals surface area contributed by atoms with Crippen LogP contribution in [0.5, 0.6) is 5.75 Å². The highest BCUT2D eigenvalue weighted by Crippen LogP contribution is 2.26. The monoisotopic (exact) mass is 529 g/mol. The second kappa shape index (κ2) is 13.7. The third-order valence-electron chi connectivity index (χ3n) is 7.46. The number of hydrogen-bond acceptors (Lipinski definition) is 6. The number of carbonyl (C=O) groups excluding carboxylic acids is 1. The summed E-state index contributed by atoms with van der Waals surface area (Å²) in [7, 11) is 0. The number of amides is 1. The fraction of sp³-hybridized carbons (Fsp3) is 0.406. The van der Waals surface area contributed by atoms with Gasteiger partial charge in [-0.2, -0.15) is 0 Å². The first kappa shape index (κ1) is 27.3. The van der Waals surface area contributed by atoms with Gasteiger partial charge in [0.2, 0.25) is 0 Å². The fourth-order valence-corrected chi connectivity index (χ4v) is 5.15.